The summed E-state index contributed by atoms with van der Waals surface area (Å²) in [5.41, 5.74) is 3.91. The predicted molar refractivity (Wildman–Crippen MR) is 128 cm³/mol. The Labute approximate surface area is 181 Å². The van der Waals surface area contributed by atoms with Crippen molar-refractivity contribution in [3.8, 4) is 22.5 Å². The molecule has 0 atom stereocenters. The Hall–Kier alpha value is -2.72. The molecular formula is C26H35N3O. The van der Waals surface area contributed by atoms with Gasteiger partial charge in [-0.3, -0.25) is 4.98 Å². The van der Waals surface area contributed by atoms with Crippen LogP contribution in [0.25, 0.3) is 22.5 Å². The number of benzene rings is 2. The summed E-state index contributed by atoms with van der Waals surface area (Å²) in [5, 5.41) is 9.10. The average molecular weight is 406 g/mol. The van der Waals surface area contributed by atoms with Gasteiger partial charge in [0.15, 0.2) is 0 Å². The largest absolute Gasteiger partial charge is 0.396 e. The van der Waals surface area contributed by atoms with E-state index in [-0.39, 0.29) is 6.61 Å². The summed E-state index contributed by atoms with van der Waals surface area (Å²) < 4.78 is 0. The van der Waals surface area contributed by atoms with Crippen LogP contribution in [0.4, 0.5) is 5.82 Å². The van der Waals surface area contributed by atoms with E-state index in [0.29, 0.717) is 6.04 Å². The number of aromatic nitrogens is 2. The number of hydrogen-bond acceptors (Lipinski definition) is 4. The van der Waals surface area contributed by atoms with Crippen molar-refractivity contribution in [2.75, 3.05) is 18.1 Å². The lowest BCUT2D eigenvalue weighted by Crippen LogP contribution is -2.32. The molecule has 4 nitrogen and oxygen atoms in total. The number of anilines is 1. The number of nitrogens with zero attached hydrogens (tertiary/aromatic N) is 3. The van der Waals surface area contributed by atoms with Crippen LogP contribution in [-0.4, -0.2) is 34.3 Å². The predicted octanol–water partition coefficient (Wildman–Crippen LogP) is 6.21. The third-order valence-electron chi connectivity index (χ3n) is 4.58. The first-order chi connectivity index (χ1) is 14.6. The second-order valence-electron chi connectivity index (χ2n) is 7.58. The molecule has 0 radical (unpaired) electrons. The van der Waals surface area contributed by atoms with Gasteiger partial charge < -0.3 is 10.0 Å². The zero-order chi connectivity index (χ0) is 21.8. The second-order valence-corrected chi connectivity index (χ2v) is 7.58. The highest BCUT2D eigenvalue weighted by Gasteiger charge is 2.17. The average Bonchev–Trinajstić information content (AvgIpc) is 2.78. The Balaban J connectivity index is 0.00000101. The van der Waals surface area contributed by atoms with Crippen LogP contribution in [0.3, 0.4) is 0 Å². The Kier molecular flexibility index (Phi) is 10.0. The number of rotatable bonds is 8. The quantitative estimate of drug-likeness (QED) is 0.452. The Bertz CT molecular complexity index is 851. The van der Waals surface area contributed by atoms with Crippen molar-refractivity contribution in [1.82, 2.24) is 9.97 Å². The van der Waals surface area contributed by atoms with Crippen molar-refractivity contribution in [3.05, 3.63) is 66.9 Å². The van der Waals surface area contributed by atoms with Gasteiger partial charge in [-0.2, -0.15) is 0 Å². The zero-order valence-corrected chi connectivity index (χ0v) is 18.8. The molecule has 1 N–H and O–H groups in total. The van der Waals surface area contributed by atoms with Gasteiger partial charge in [-0.25, -0.2) is 4.98 Å². The summed E-state index contributed by atoms with van der Waals surface area (Å²) in [5.74, 6) is 0.876. The van der Waals surface area contributed by atoms with E-state index in [4.69, 9.17) is 15.1 Å². The molecule has 3 aromatic rings. The Morgan fingerprint density at radius 3 is 1.87 bits per heavy atom. The van der Waals surface area contributed by atoms with E-state index in [1.165, 1.54) is 6.42 Å². The summed E-state index contributed by atoms with van der Waals surface area (Å²) in [7, 11) is 0. The molecule has 0 fully saturated rings. The SMILES string of the molecule is CC(C)N(CCCCO)c1cnc(-c2ccccc2)c(-c2ccccc2)n1.CCC. The van der Waals surface area contributed by atoms with E-state index in [9.17, 15) is 0 Å². The lowest BCUT2D eigenvalue weighted by atomic mass is 10.0. The van der Waals surface area contributed by atoms with Gasteiger partial charge in [0, 0.05) is 30.3 Å². The molecule has 160 valence electrons. The van der Waals surface area contributed by atoms with Crippen molar-refractivity contribution in [3.63, 3.8) is 0 Å². The summed E-state index contributed by atoms with van der Waals surface area (Å²) in [6, 6.07) is 20.7. The van der Waals surface area contributed by atoms with Crippen molar-refractivity contribution in [2.24, 2.45) is 0 Å². The molecular weight excluding hydrogens is 370 g/mol. The van der Waals surface area contributed by atoms with Gasteiger partial charge in [-0.05, 0) is 26.7 Å². The fraction of sp³-hybridized carbons (Fsp3) is 0.385. The molecule has 0 aliphatic carbocycles. The maximum absolute atomic E-state index is 9.10. The van der Waals surface area contributed by atoms with E-state index in [1.54, 1.807) is 0 Å². The van der Waals surface area contributed by atoms with Crippen LogP contribution in [-0.2, 0) is 0 Å². The molecule has 1 heterocycles. The molecule has 0 amide bonds. The lowest BCUT2D eigenvalue weighted by Gasteiger charge is -2.28. The van der Waals surface area contributed by atoms with Gasteiger partial charge in [-0.1, -0.05) is 80.9 Å². The molecule has 0 saturated carbocycles. The van der Waals surface area contributed by atoms with Crippen LogP contribution >= 0.6 is 0 Å². The van der Waals surface area contributed by atoms with Crippen molar-refractivity contribution in [2.45, 2.75) is 53.0 Å². The third-order valence-corrected chi connectivity index (χ3v) is 4.58. The van der Waals surface area contributed by atoms with Gasteiger partial charge in [-0.15, -0.1) is 0 Å². The van der Waals surface area contributed by atoms with Gasteiger partial charge in [0.2, 0.25) is 0 Å². The van der Waals surface area contributed by atoms with E-state index >= 15 is 0 Å². The highest BCUT2D eigenvalue weighted by atomic mass is 16.2. The van der Waals surface area contributed by atoms with Crippen LogP contribution in [0.5, 0.6) is 0 Å². The van der Waals surface area contributed by atoms with Crippen molar-refractivity contribution < 1.29 is 5.11 Å². The molecule has 0 unspecified atom stereocenters. The summed E-state index contributed by atoms with van der Waals surface area (Å²) in [4.78, 5) is 12.1. The summed E-state index contributed by atoms with van der Waals surface area (Å²) in [6.07, 6.45) is 4.84. The van der Waals surface area contributed by atoms with Gasteiger partial charge in [0.1, 0.15) is 5.82 Å². The Morgan fingerprint density at radius 2 is 1.37 bits per heavy atom. The van der Waals surface area contributed by atoms with Gasteiger partial charge in [0.25, 0.3) is 0 Å². The minimum Gasteiger partial charge on any atom is -0.396 e. The van der Waals surface area contributed by atoms with Crippen LogP contribution in [0.15, 0.2) is 66.9 Å². The van der Waals surface area contributed by atoms with Crippen LogP contribution in [0.1, 0.15) is 47.0 Å². The van der Waals surface area contributed by atoms with Gasteiger partial charge in [0.05, 0.1) is 17.6 Å². The van der Waals surface area contributed by atoms with Crippen molar-refractivity contribution in [1.29, 1.82) is 0 Å². The standard InChI is InChI=1S/C23H27N3O.C3H8/c1-18(2)26(15-9-10-16-27)21-17-24-22(19-11-5-3-6-12-19)23(25-21)20-13-7-4-8-14-20;1-3-2/h3-8,11-14,17-18,27H,9-10,15-16H2,1-2H3;3H2,1-2H3. The zero-order valence-electron chi connectivity index (χ0n) is 18.8. The summed E-state index contributed by atoms with van der Waals surface area (Å²) >= 11 is 0. The number of aliphatic hydroxyl groups is 1. The fourth-order valence-corrected chi connectivity index (χ4v) is 3.15. The smallest absolute Gasteiger partial charge is 0.148 e. The number of hydrogen-bond donors (Lipinski definition) is 1. The highest BCUT2D eigenvalue weighted by Crippen LogP contribution is 2.30. The topological polar surface area (TPSA) is 49.2 Å². The first-order valence-electron chi connectivity index (χ1n) is 11.0. The maximum atomic E-state index is 9.10. The van der Waals surface area contributed by atoms with Crippen molar-refractivity contribution >= 4 is 5.82 Å². The minimum absolute atomic E-state index is 0.222. The van der Waals surface area contributed by atoms with E-state index < -0.39 is 0 Å². The Morgan fingerprint density at radius 1 is 0.833 bits per heavy atom. The molecule has 1 aromatic heterocycles. The van der Waals surface area contributed by atoms with E-state index in [2.05, 4.69) is 56.9 Å². The summed E-state index contributed by atoms with van der Waals surface area (Å²) in [6.45, 7) is 9.65. The van der Waals surface area contributed by atoms with E-state index in [0.717, 1.165) is 47.7 Å². The van der Waals surface area contributed by atoms with Gasteiger partial charge >= 0.3 is 0 Å². The molecule has 0 spiro atoms. The first kappa shape index (κ1) is 23.6. The minimum atomic E-state index is 0.222. The van der Waals surface area contributed by atoms with Crippen LogP contribution in [0.2, 0.25) is 0 Å². The third kappa shape index (κ3) is 6.67. The normalized spacial score (nSPS) is 10.5. The second kappa shape index (κ2) is 12.8. The molecule has 0 aliphatic rings. The molecule has 0 saturated heterocycles. The van der Waals surface area contributed by atoms with Crippen LogP contribution in [0, 0.1) is 0 Å². The van der Waals surface area contributed by atoms with E-state index in [1.807, 2.05) is 42.6 Å². The maximum Gasteiger partial charge on any atom is 0.148 e. The number of aliphatic hydroxyl groups excluding tert-OH is 1. The molecule has 0 aliphatic heterocycles. The molecule has 4 heteroatoms. The lowest BCUT2D eigenvalue weighted by molar-refractivity contribution is 0.284. The highest BCUT2D eigenvalue weighted by molar-refractivity contribution is 5.78. The number of unbranched alkanes of at least 4 members (excludes halogenated alkanes) is 1. The molecule has 2 aromatic carbocycles. The molecule has 3 rings (SSSR count). The molecule has 30 heavy (non-hydrogen) atoms. The fourth-order valence-electron chi connectivity index (χ4n) is 3.15. The monoisotopic (exact) mass is 405 g/mol. The first-order valence-corrected chi connectivity index (χ1v) is 11.0. The van der Waals surface area contributed by atoms with Crippen LogP contribution < -0.4 is 4.90 Å². The molecule has 0 bridgehead atoms.